The fourth-order valence-corrected chi connectivity index (χ4v) is 0.802. The van der Waals surface area contributed by atoms with Crippen LogP contribution in [0, 0.1) is 21.6 Å². The van der Waals surface area contributed by atoms with Crippen molar-refractivity contribution < 1.29 is 0 Å². The Hall–Kier alpha value is -1.36. The number of rotatable bonds is 0. The monoisotopic (exact) mass is 201 g/mol. The van der Waals surface area contributed by atoms with Gasteiger partial charge in [-0.2, -0.15) is 0 Å². The summed E-state index contributed by atoms with van der Waals surface area (Å²) in [5, 5.41) is 25.3. The van der Waals surface area contributed by atoms with Gasteiger partial charge in [-0.15, -0.1) is 0 Å². The van der Waals surface area contributed by atoms with E-state index in [2.05, 4.69) is 32.2 Å². The molecule has 0 aromatic heterocycles. The molecule has 0 unspecified atom stereocenters. The van der Waals surface area contributed by atoms with Gasteiger partial charge in [-0.05, 0) is 52.8 Å². The molecule has 0 saturated carbocycles. The Kier molecular flexibility index (Phi) is 100. The van der Waals surface area contributed by atoms with Gasteiger partial charge in [0.05, 0.1) is 0 Å². The van der Waals surface area contributed by atoms with Crippen LogP contribution in [0.25, 0.3) is 0 Å². The second kappa shape index (κ2) is 61.2. The van der Waals surface area contributed by atoms with Crippen molar-refractivity contribution in [3.63, 3.8) is 0 Å². The molecule has 1 fully saturated rings. The zero-order valence-electron chi connectivity index (χ0n) is 8.86. The molecular weight excluding hydrogens is 178 g/mol. The van der Waals surface area contributed by atoms with Crippen molar-refractivity contribution >= 4 is 26.9 Å². The van der Waals surface area contributed by atoms with E-state index in [4.69, 9.17) is 21.6 Å². The highest BCUT2D eigenvalue weighted by atomic mass is 14.9. The van der Waals surface area contributed by atoms with E-state index in [0.29, 0.717) is 0 Å². The molecule has 0 atom stereocenters. The summed E-state index contributed by atoms with van der Waals surface area (Å²) in [7, 11) is 0. The molecule has 1 heterocycles. The first-order valence-corrected chi connectivity index (χ1v) is 4.12. The fourth-order valence-electron chi connectivity index (χ4n) is 0.802. The Balaban J connectivity index is -0.0000000542. The van der Waals surface area contributed by atoms with Crippen molar-refractivity contribution in [2.45, 2.75) is 19.3 Å². The second-order valence-corrected chi connectivity index (χ2v) is 1.81. The average Bonchev–Trinajstić information content (AvgIpc) is 2.41. The van der Waals surface area contributed by atoms with E-state index >= 15 is 0 Å². The van der Waals surface area contributed by atoms with Crippen molar-refractivity contribution in [1.29, 1.82) is 21.6 Å². The molecule has 14 heavy (non-hydrogen) atoms. The third-order valence-electron chi connectivity index (χ3n) is 1.21. The summed E-state index contributed by atoms with van der Waals surface area (Å²) in [6.45, 7) is 12.5. The summed E-state index contributed by atoms with van der Waals surface area (Å²) in [4.78, 5) is 0. The van der Waals surface area contributed by atoms with Crippen LogP contribution in [0.1, 0.15) is 19.3 Å². The molecular formula is C9H23N5. The number of piperidine rings is 1. The summed E-state index contributed by atoms with van der Waals surface area (Å²) in [5.41, 5.74) is 0. The van der Waals surface area contributed by atoms with Gasteiger partial charge in [-0.25, -0.2) is 0 Å². The lowest BCUT2D eigenvalue weighted by Gasteiger charge is -2.08. The Morgan fingerprint density at radius 3 is 0.929 bits per heavy atom. The maximum absolute atomic E-state index is 5.50. The molecule has 0 radical (unpaired) electrons. The topological polar surface area (TPSA) is 107 Å². The van der Waals surface area contributed by atoms with Gasteiger partial charge < -0.3 is 27.0 Å². The van der Waals surface area contributed by atoms with Gasteiger partial charge >= 0.3 is 0 Å². The van der Waals surface area contributed by atoms with Crippen LogP contribution >= 0.6 is 0 Å². The minimum atomic E-state index is 1.25. The van der Waals surface area contributed by atoms with Crippen LogP contribution in [0.15, 0.2) is 0 Å². The molecule has 0 bridgehead atoms. The molecule has 1 saturated heterocycles. The Morgan fingerprint density at radius 2 is 0.857 bits per heavy atom. The summed E-state index contributed by atoms with van der Waals surface area (Å²) in [5.74, 6) is 0. The van der Waals surface area contributed by atoms with Crippen molar-refractivity contribution in [3.8, 4) is 0 Å². The van der Waals surface area contributed by atoms with Crippen molar-refractivity contribution in [2.75, 3.05) is 13.1 Å². The van der Waals surface area contributed by atoms with E-state index < -0.39 is 0 Å². The van der Waals surface area contributed by atoms with Crippen LogP contribution in [0.2, 0.25) is 0 Å². The minimum Gasteiger partial charge on any atom is -0.317 e. The van der Waals surface area contributed by atoms with Crippen LogP contribution in [-0.4, -0.2) is 40.0 Å². The van der Waals surface area contributed by atoms with Gasteiger partial charge in [-0.3, -0.25) is 0 Å². The maximum atomic E-state index is 5.50. The first-order valence-electron chi connectivity index (χ1n) is 4.12. The van der Waals surface area contributed by atoms with Crippen molar-refractivity contribution in [3.05, 3.63) is 0 Å². The minimum absolute atomic E-state index is 1.25. The number of hydrogen-bond acceptors (Lipinski definition) is 5. The molecule has 5 heteroatoms. The lowest BCUT2D eigenvalue weighted by Crippen LogP contribution is -2.21. The molecule has 5 N–H and O–H groups in total. The SMILES string of the molecule is C1CCNCC1.C=N.C=N.C=N.C=N. The molecule has 0 spiro atoms. The summed E-state index contributed by atoms with van der Waals surface area (Å²) >= 11 is 0. The Morgan fingerprint density at radius 1 is 0.571 bits per heavy atom. The van der Waals surface area contributed by atoms with E-state index in [0.717, 1.165) is 0 Å². The van der Waals surface area contributed by atoms with Crippen LogP contribution < -0.4 is 5.32 Å². The van der Waals surface area contributed by atoms with E-state index in [9.17, 15) is 0 Å². The van der Waals surface area contributed by atoms with Crippen LogP contribution in [-0.2, 0) is 0 Å². The highest BCUT2D eigenvalue weighted by Gasteiger charge is 1.93. The summed E-state index contributed by atoms with van der Waals surface area (Å²) < 4.78 is 0. The molecule has 84 valence electrons. The van der Waals surface area contributed by atoms with Gasteiger partial charge in [0.25, 0.3) is 0 Å². The molecule has 0 amide bonds. The molecule has 0 aromatic carbocycles. The third kappa shape index (κ3) is 45.9. The number of nitrogens with one attached hydrogen (secondary N) is 5. The zero-order chi connectivity index (χ0) is 12.2. The average molecular weight is 201 g/mol. The predicted octanol–water partition coefficient (Wildman–Crippen LogP) is 1.82. The molecule has 5 nitrogen and oxygen atoms in total. The molecule has 1 rings (SSSR count). The van der Waals surface area contributed by atoms with Crippen molar-refractivity contribution in [2.24, 2.45) is 0 Å². The summed E-state index contributed by atoms with van der Waals surface area (Å²) in [6.07, 6.45) is 4.22. The molecule has 0 aliphatic carbocycles. The van der Waals surface area contributed by atoms with E-state index in [-0.39, 0.29) is 0 Å². The molecule has 1 aliphatic heterocycles. The van der Waals surface area contributed by atoms with E-state index in [1.807, 2.05) is 0 Å². The smallest absolute Gasteiger partial charge is 0.00489 e. The highest BCUT2D eigenvalue weighted by molar-refractivity contribution is 5.16. The highest BCUT2D eigenvalue weighted by Crippen LogP contribution is 1.96. The van der Waals surface area contributed by atoms with Gasteiger partial charge in [0, 0.05) is 0 Å². The van der Waals surface area contributed by atoms with Crippen LogP contribution in [0.3, 0.4) is 0 Å². The van der Waals surface area contributed by atoms with Crippen LogP contribution in [0.4, 0.5) is 0 Å². The Bertz CT molecular complexity index is 56.1. The zero-order valence-corrected chi connectivity index (χ0v) is 8.86. The lowest BCUT2D eigenvalue weighted by atomic mass is 10.2. The standard InChI is InChI=1S/C5H11N.4CH3N/c1-2-4-6-5-3-1;4*1-2/h6H,1-5H2;4*2H,1H2. The van der Waals surface area contributed by atoms with Gasteiger partial charge in [0.2, 0.25) is 0 Å². The van der Waals surface area contributed by atoms with E-state index in [1.165, 1.54) is 32.4 Å². The lowest BCUT2D eigenvalue weighted by molar-refractivity contribution is 0.520. The van der Waals surface area contributed by atoms with Crippen LogP contribution in [0.5, 0.6) is 0 Å². The molecule has 0 aromatic rings. The van der Waals surface area contributed by atoms with Gasteiger partial charge in [0.15, 0.2) is 0 Å². The first-order chi connectivity index (χ1) is 7.00. The first kappa shape index (κ1) is 22.9. The predicted molar refractivity (Wildman–Crippen MR) is 66.1 cm³/mol. The fraction of sp³-hybridized carbons (Fsp3) is 0.556. The van der Waals surface area contributed by atoms with Crippen molar-refractivity contribution in [1.82, 2.24) is 5.32 Å². The summed E-state index contributed by atoms with van der Waals surface area (Å²) in [6, 6.07) is 0. The largest absolute Gasteiger partial charge is 0.317 e. The Labute approximate surface area is 87.0 Å². The normalized spacial score (nSPS) is 11.4. The number of hydrogen-bond donors (Lipinski definition) is 5. The second-order valence-electron chi connectivity index (χ2n) is 1.81. The van der Waals surface area contributed by atoms with Gasteiger partial charge in [0.1, 0.15) is 0 Å². The van der Waals surface area contributed by atoms with E-state index in [1.54, 1.807) is 0 Å². The molecule has 1 aliphatic rings. The van der Waals surface area contributed by atoms with Gasteiger partial charge in [-0.1, -0.05) is 6.42 Å². The maximum Gasteiger partial charge on any atom is -0.00489 e. The third-order valence-corrected chi connectivity index (χ3v) is 1.21. The quantitative estimate of drug-likeness (QED) is 0.379.